The minimum absolute atomic E-state index is 0.186. The maximum absolute atomic E-state index is 9.05. The van der Waals surface area contributed by atoms with Crippen molar-refractivity contribution in [3.05, 3.63) is 54.1 Å². The number of para-hydroxylation sites is 1. The predicted octanol–water partition coefficient (Wildman–Crippen LogP) is 4.29. The third kappa shape index (κ3) is 3.52. The smallest absolute Gasteiger partial charge is 0.130 e. The van der Waals surface area contributed by atoms with Crippen LogP contribution in [0.5, 0.6) is 11.5 Å². The van der Waals surface area contributed by atoms with Crippen LogP contribution >= 0.6 is 0 Å². The van der Waals surface area contributed by atoms with Crippen molar-refractivity contribution >= 4 is 5.69 Å². The molecule has 2 atom stereocenters. The van der Waals surface area contributed by atoms with E-state index in [4.69, 9.17) is 14.7 Å². The molecule has 0 saturated carbocycles. The molecule has 2 aromatic carbocycles. The van der Waals surface area contributed by atoms with Crippen LogP contribution in [0.15, 0.2) is 48.5 Å². The van der Waals surface area contributed by atoms with Crippen molar-refractivity contribution < 1.29 is 9.47 Å². The molecule has 1 aliphatic rings. The van der Waals surface area contributed by atoms with Crippen LogP contribution < -0.4 is 9.64 Å². The number of anilines is 1. The standard InChI is InChI=1S/C20H22N2O2/c1-15-5-3-4-6-20(15)24-18-9-7-16(8-10-18)22-14-19(23-2)13-17(22)11-12-21/h3-10,17,19H,11,13-14H2,1-2H3. The number of hydrogen-bond donors (Lipinski definition) is 0. The van der Waals surface area contributed by atoms with E-state index in [1.54, 1.807) is 7.11 Å². The Bertz CT molecular complexity index is 721. The summed E-state index contributed by atoms with van der Waals surface area (Å²) in [6.45, 7) is 2.85. The average molecular weight is 322 g/mol. The lowest BCUT2D eigenvalue weighted by atomic mass is 10.1. The van der Waals surface area contributed by atoms with E-state index in [1.165, 1.54) is 0 Å². The summed E-state index contributed by atoms with van der Waals surface area (Å²) in [6, 6.07) is 18.5. The van der Waals surface area contributed by atoms with Crippen LogP contribution in [-0.4, -0.2) is 25.8 Å². The molecule has 0 aliphatic carbocycles. The van der Waals surface area contributed by atoms with Crippen LogP contribution in [0, 0.1) is 18.3 Å². The molecule has 2 unspecified atom stereocenters. The third-order valence-corrected chi connectivity index (χ3v) is 4.53. The van der Waals surface area contributed by atoms with Crippen molar-refractivity contribution in [1.82, 2.24) is 0 Å². The van der Waals surface area contributed by atoms with Gasteiger partial charge in [0.1, 0.15) is 11.5 Å². The van der Waals surface area contributed by atoms with Gasteiger partial charge in [-0.3, -0.25) is 0 Å². The highest BCUT2D eigenvalue weighted by Crippen LogP contribution is 2.31. The number of nitriles is 1. The Labute approximate surface area is 143 Å². The summed E-state index contributed by atoms with van der Waals surface area (Å²) < 4.78 is 11.4. The maximum Gasteiger partial charge on any atom is 0.130 e. The number of methoxy groups -OCH3 is 1. The quantitative estimate of drug-likeness (QED) is 0.823. The van der Waals surface area contributed by atoms with E-state index in [2.05, 4.69) is 23.1 Å². The predicted molar refractivity (Wildman–Crippen MR) is 94.5 cm³/mol. The molecule has 4 heteroatoms. The molecule has 1 fully saturated rings. The van der Waals surface area contributed by atoms with E-state index in [-0.39, 0.29) is 12.1 Å². The minimum Gasteiger partial charge on any atom is -0.457 e. The molecular weight excluding hydrogens is 300 g/mol. The van der Waals surface area contributed by atoms with Crippen molar-refractivity contribution in [3.63, 3.8) is 0 Å². The second-order valence-corrected chi connectivity index (χ2v) is 6.12. The van der Waals surface area contributed by atoms with Crippen LogP contribution in [0.3, 0.4) is 0 Å². The lowest BCUT2D eigenvalue weighted by Crippen LogP contribution is -2.29. The van der Waals surface area contributed by atoms with Gasteiger partial charge in [0, 0.05) is 25.4 Å². The first kappa shape index (κ1) is 16.4. The summed E-state index contributed by atoms with van der Waals surface area (Å²) in [4.78, 5) is 2.26. The number of nitrogens with zero attached hydrogens (tertiary/aromatic N) is 2. The zero-order valence-electron chi connectivity index (χ0n) is 14.1. The van der Waals surface area contributed by atoms with Crippen molar-refractivity contribution in [2.24, 2.45) is 0 Å². The van der Waals surface area contributed by atoms with E-state index in [0.717, 1.165) is 35.7 Å². The number of rotatable bonds is 5. The Kier molecular flexibility index (Phi) is 5.02. The second-order valence-electron chi connectivity index (χ2n) is 6.12. The van der Waals surface area contributed by atoms with Gasteiger partial charge in [0.15, 0.2) is 0 Å². The summed E-state index contributed by atoms with van der Waals surface area (Å²) in [6.07, 6.45) is 1.60. The van der Waals surface area contributed by atoms with E-state index >= 15 is 0 Å². The third-order valence-electron chi connectivity index (χ3n) is 4.53. The fraction of sp³-hybridized carbons (Fsp3) is 0.350. The van der Waals surface area contributed by atoms with Gasteiger partial charge >= 0.3 is 0 Å². The average Bonchev–Trinajstić information content (AvgIpc) is 3.01. The molecule has 1 heterocycles. The molecule has 0 amide bonds. The van der Waals surface area contributed by atoms with Gasteiger partial charge in [-0.15, -0.1) is 0 Å². The molecular formula is C20H22N2O2. The highest BCUT2D eigenvalue weighted by molar-refractivity contribution is 5.52. The van der Waals surface area contributed by atoms with Crippen molar-refractivity contribution in [1.29, 1.82) is 5.26 Å². The van der Waals surface area contributed by atoms with Crippen LogP contribution in [-0.2, 0) is 4.74 Å². The van der Waals surface area contributed by atoms with Gasteiger partial charge in [0.2, 0.25) is 0 Å². The van der Waals surface area contributed by atoms with Gasteiger partial charge in [-0.25, -0.2) is 0 Å². The molecule has 0 aromatic heterocycles. The Morgan fingerprint density at radius 2 is 1.92 bits per heavy atom. The molecule has 1 aliphatic heterocycles. The lowest BCUT2D eigenvalue weighted by molar-refractivity contribution is 0.118. The zero-order valence-corrected chi connectivity index (χ0v) is 14.1. The molecule has 0 bridgehead atoms. The molecule has 1 saturated heterocycles. The first-order valence-corrected chi connectivity index (χ1v) is 8.21. The first-order chi connectivity index (χ1) is 11.7. The number of aryl methyl sites for hydroxylation is 1. The van der Waals surface area contributed by atoms with Gasteiger partial charge in [-0.05, 0) is 49.2 Å². The van der Waals surface area contributed by atoms with Crippen LogP contribution in [0.25, 0.3) is 0 Å². The molecule has 0 N–H and O–H groups in total. The molecule has 0 radical (unpaired) electrons. The molecule has 3 rings (SSSR count). The summed E-state index contributed by atoms with van der Waals surface area (Å²) in [5.41, 5.74) is 2.21. The zero-order chi connectivity index (χ0) is 16.9. The fourth-order valence-electron chi connectivity index (χ4n) is 3.16. The van der Waals surface area contributed by atoms with Gasteiger partial charge in [-0.2, -0.15) is 5.26 Å². The van der Waals surface area contributed by atoms with Crippen molar-refractivity contribution in [3.8, 4) is 17.6 Å². The highest BCUT2D eigenvalue weighted by Gasteiger charge is 2.32. The molecule has 4 nitrogen and oxygen atoms in total. The monoisotopic (exact) mass is 322 g/mol. The molecule has 124 valence electrons. The Balaban J connectivity index is 1.74. The molecule has 24 heavy (non-hydrogen) atoms. The second kappa shape index (κ2) is 7.37. The van der Waals surface area contributed by atoms with E-state index in [0.29, 0.717) is 6.42 Å². The Morgan fingerprint density at radius 1 is 1.17 bits per heavy atom. The largest absolute Gasteiger partial charge is 0.457 e. The Hall–Kier alpha value is -2.51. The summed E-state index contributed by atoms with van der Waals surface area (Å²) in [7, 11) is 1.73. The SMILES string of the molecule is COC1CC(CC#N)N(c2ccc(Oc3ccccc3C)cc2)C1. The lowest BCUT2D eigenvalue weighted by Gasteiger charge is -2.25. The molecule has 2 aromatic rings. The van der Waals surface area contributed by atoms with Crippen LogP contribution in [0.4, 0.5) is 5.69 Å². The molecule has 0 spiro atoms. The van der Waals surface area contributed by atoms with Gasteiger partial charge in [0.25, 0.3) is 0 Å². The van der Waals surface area contributed by atoms with Crippen molar-refractivity contribution in [2.75, 3.05) is 18.6 Å². The van der Waals surface area contributed by atoms with Gasteiger partial charge in [-0.1, -0.05) is 18.2 Å². The van der Waals surface area contributed by atoms with Crippen LogP contribution in [0.1, 0.15) is 18.4 Å². The summed E-state index contributed by atoms with van der Waals surface area (Å²) >= 11 is 0. The first-order valence-electron chi connectivity index (χ1n) is 8.21. The number of ether oxygens (including phenoxy) is 2. The topological polar surface area (TPSA) is 45.5 Å². The summed E-state index contributed by atoms with van der Waals surface area (Å²) in [5.74, 6) is 1.68. The van der Waals surface area contributed by atoms with E-state index < -0.39 is 0 Å². The highest BCUT2D eigenvalue weighted by atomic mass is 16.5. The van der Waals surface area contributed by atoms with Crippen molar-refractivity contribution in [2.45, 2.75) is 31.9 Å². The Morgan fingerprint density at radius 3 is 2.58 bits per heavy atom. The maximum atomic E-state index is 9.05. The fourth-order valence-corrected chi connectivity index (χ4v) is 3.16. The van der Waals surface area contributed by atoms with Gasteiger partial charge < -0.3 is 14.4 Å². The number of hydrogen-bond acceptors (Lipinski definition) is 4. The van der Waals surface area contributed by atoms with E-state index in [9.17, 15) is 0 Å². The normalized spacial score (nSPS) is 20.0. The van der Waals surface area contributed by atoms with Gasteiger partial charge in [0.05, 0.1) is 18.6 Å². The van der Waals surface area contributed by atoms with Crippen LogP contribution in [0.2, 0.25) is 0 Å². The van der Waals surface area contributed by atoms with E-state index in [1.807, 2.05) is 43.3 Å². The number of benzene rings is 2. The minimum atomic E-state index is 0.186. The summed E-state index contributed by atoms with van der Waals surface area (Å²) in [5, 5.41) is 9.05.